The van der Waals surface area contributed by atoms with Gasteiger partial charge in [-0.25, -0.2) is 23.7 Å². The molecule has 2 saturated heterocycles. The predicted octanol–water partition coefficient (Wildman–Crippen LogP) is 3.05. The fourth-order valence-corrected chi connectivity index (χ4v) is 5.03. The van der Waals surface area contributed by atoms with E-state index in [0.29, 0.717) is 22.2 Å². The molecule has 164 valence electrons. The Morgan fingerprint density at radius 3 is 2.50 bits per heavy atom. The largest absolute Gasteiger partial charge is 0.467 e. The van der Waals surface area contributed by atoms with E-state index >= 15 is 4.39 Å². The number of H-pyrrole nitrogens is 1. The molecule has 10 heteroatoms. The molecule has 2 aliphatic heterocycles. The number of halogens is 2. The summed E-state index contributed by atoms with van der Waals surface area (Å²) in [6.07, 6.45) is 6.12. The number of fused-ring (bicyclic) bond motifs is 5. The normalized spacial score (nSPS) is 19.9. The van der Waals surface area contributed by atoms with Crippen molar-refractivity contribution in [3.63, 3.8) is 0 Å². The number of piperidine rings is 1. The zero-order valence-electron chi connectivity index (χ0n) is 17.5. The predicted molar refractivity (Wildman–Crippen MR) is 118 cm³/mol. The van der Waals surface area contributed by atoms with E-state index in [-0.39, 0.29) is 23.5 Å². The summed E-state index contributed by atoms with van der Waals surface area (Å²) in [5, 5.41) is 7.14. The van der Waals surface area contributed by atoms with Gasteiger partial charge in [0.2, 0.25) is 0 Å². The third kappa shape index (κ3) is 2.59. The number of aromatic amines is 1. The van der Waals surface area contributed by atoms with Crippen LogP contribution in [0, 0.1) is 11.6 Å². The maximum absolute atomic E-state index is 15.2. The number of ether oxygens (including phenoxy) is 1. The monoisotopic (exact) mass is 437 g/mol. The van der Waals surface area contributed by atoms with E-state index < -0.39 is 11.6 Å². The molecule has 3 N–H and O–H groups in total. The molecule has 8 nitrogen and oxygen atoms in total. The molecule has 1 aromatic carbocycles. The van der Waals surface area contributed by atoms with Crippen molar-refractivity contribution in [3.8, 4) is 17.1 Å². The maximum Gasteiger partial charge on any atom is 0.316 e. The fourth-order valence-electron chi connectivity index (χ4n) is 5.03. The summed E-state index contributed by atoms with van der Waals surface area (Å²) < 4.78 is 34.9. The molecule has 0 saturated carbocycles. The number of benzene rings is 1. The number of pyridine rings is 1. The molecular formula is C22H21F2N7O. The first-order chi connectivity index (χ1) is 15.6. The summed E-state index contributed by atoms with van der Waals surface area (Å²) in [5.74, 6) is -1.79. The summed E-state index contributed by atoms with van der Waals surface area (Å²) >= 11 is 0. The maximum atomic E-state index is 15.2. The Hall–Kier alpha value is -3.53. The van der Waals surface area contributed by atoms with Crippen LogP contribution in [0.5, 0.6) is 6.01 Å². The van der Waals surface area contributed by atoms with Crippen LogP contribution in [0.1, 0.15) is 6.42 Å². The third-order valence-corrected chi connectivity index (χ3v) is 6.50. The van der Waals surface area contributed by atoms with Gasteiger partial charge in [-0.3, -0.25) is 0 Å². The highest BCUT2D eigenvalue weighted by Crippen LogP contribution is 2.47. The molecule has 32 heavy (non-hydrogen) atoms. The molecule has 2 atom stereocenters. The summed E-state index contributed by atoms with van der Waals surface area (Å²) in [7, 11) is 3.18. The molecule has 6 rings (SSSR count). The Kier molecular flexibility index (Phi) is 4.19. The highest BCUT2D eigenvalue weighted by Gasteiger charge is 2.43. The van der Waals surface area contributed by atoms with Gasteiger partial charge in [0.1, 0.15) is 5.65 Å². The first-order valence-electron chi connectivity index (χ1n) is 10.5. The Bertz CT molecular complexity index is 1340. The van der Waals surface area contributed by atoms with Gasteiger partial charge < -0.3 is 25.3 Å². The van der Waals surface area contributed by atoms with Gasteiger partial charge in [-0.15, -0.1) is 0 Å². The first-order valence-corrected chi connectivity index (χ1v) is 10.5. The van der Waals surface area contributed by atoms with Crippen LogP contribution in [-0.2, 0) is 0 Å². The minimum atomic E-state index is -0.905. The van der Waals surface area contributed by atoms with Crippen LogP contribution >= 0.6 is 0 Å². The van der Waals surface area contributed by atoms with Crippen LogP contribution in [0.15, 0.2) is 24.7 Å². The molecule has 0 aliphatic carbocycles. The number of rotatable bonds is 4. The van der Waals surface area contributed by atoms with Gasteiger partial charge in [0.15, 0.2) is 11.6 Å². The number of nitrogens with zero attached hydrogens (tertiary/aromatic N) is 4. The van der Waals surface area contributed by atoms with Crippen molar-refractivity contribution in [2.75, 3.05) is 37.5 Å². The third-order valence-electron chi connectivity index (χ3n) is 6.50. The molecule has 0 spiro atoms. The number of aromatic nitrogens is 4. The van der Waals surface area contributed by atoms with E-state index in [9.17, 15) is 4.39 Å². The smallest absolute Gasteiger partial charge is 0.316 e. The molecule has 2 fully saturated rings. The van der Waals surface area contributed by atoms with Crippen LogP contribution < -0.4 is 20.3 Å². The summed E-state index contributed by atoms with van der Waals surface area (Å²) in [6, 6.07) is 1.95. The van der Waals surface area contributed by atoms with Gasteiger partial charge in [0.25, 0.3) is 0 Å². The zero-order valence-corrected chi connectivity index (χ0v) is 17.5. The Morgan fingerprint density at radius 1 is 1.09 bits per heavy atom. The minimum Gasteiger partial charge on any atom is -0.467 e. The topological polar surface area (TPSA) is 91.0 Å². The average molecular weight is 437 g/mol. The summed E-state index contributed by atoms with van der Waals surface area (Å²) in [4.78, 5) is 18.5. The quantitative estimate of drug-likeness (QED) is 0.452. The lowest BCUT2D eigenvalue weighted by molar-refractivity contribution is 0.264. The molecule has 2 bridgehead atoms. The van der Waals surface area contributed by atoms with Crippen LogP contribution in [0.3, 0.4) is 0 Å². The van der Waals surface area contributed by atoms with Crippen molar-refractivity contribution in [2.45, 2.75) is 18.5 Å². The Balaban J connectivity index is 1.70. The van der Waals surface area contributed by atoms with Gasteiger partial charge in [-0.1, -0.05) is 0 Å². The van der Waals surface area contributed by atoms with E-state index in [4.69, 9.17) is 4.74 Å². The average Bonchev–Trinajstić information content (AvgIpc) is 3.22. The van der Waals surface area contributed by atoms with Crippen molar-refractivity contribution in [3.05, 3.63) is 36.3 Å². The van der Waals surface area contributed by atoms with E-state index in [0.717, 1.165) is 42.4 Å². The van der Waals surface area contributed by atoms with Gasteiger partial charge in [0, 0.05) is 68.0 Å². The van der Waals surface area contributed by atoms with Crippen molar-refractivity contribution < 1.29 is 13.5 Å². The number of anilines is 2. The van der Waals surface area contributed by atoms with Crippen molar-refractivity contribution >= 4 is 33.3 Å². The summed E-state index contributed by atoms with van der Waals surface area (Å²) in [5.41, 5.74) is 3.79. The second-order valence-electron chi connectivity index (χ2n) is 8.16. The number of nitrogens with one attached hydrogen (secondary N) is 3. The Morgan fingerprint density at radius 2 is 1.84 bits per heavy atom. The number of hydrogen-bond acceptors (Lipinski definition) is 7. The molecular weight excluding hydrogens is 416 g/mol. The fraction of sp³-hybridized carbons (Fsp3) is 0.318. The standard InChI is InChI=1S/C22H21F2N7O/c1-25-15-4-14(23)18(24)16-17-20(31-11-3-12(31)8-26-7-11)13(9-27-21(17)30-19(15)16)10-5-28-22(32-2)29-6-10/h4-6,9,11-12,25-26H,3,7-8H2,1-2H3,(H,27,30). The van der Waals surface area contributed by atoms with Crippen molar-refractivity contribution in [1.29, 1.82) is 0 Å². The lowest BCUT2D eigenvalue weighted by atomic mass is 9.86. The van der Waals surface area contributed by atoms with Crippen LogP contribution in [0.25, 0.3) is 33.1 Å². The van der Waals surface area contributed by atoms with Gasteiger partial charge in [-0.2, -0.15) is 0 Å². The molecule has 4 aromatic rings. The summed E-state index contributed by atoms with van der Waals surface area (Å²) in [6.45, 7) is 1.67. The van der Waals surface area contributed by atoms with Gasteiger partial charge >= 0.3 is 6.01 Å². The first kappa shape index (κ1) is 19.2. The van der Waals surface area contributed by atoms with Crippen LogP contribution in [0.2, 0.25) is 0 Å². The second-order valence-corrected chi connectivity index (χ2v) is 8.16. The van der Waals surface area contributed by atoms with E-state index in [1.165, 1.54) is 7.11 Å². The number of piperazine rings is 1. The molecule has 5 heterocycles. The zero-order chi connectivity index (χ0) is 22.0. The molecule has 0 amide bonds. The van der Waals surface area contributed by atoms with Crippen LogP contribution in [-0.4, -0.2) is 59.3 Å². The molecule has 0 radical (unpaired) electrons. The minimum absolute atomic E-state index is 0.195. The van der Waals surface area contributed by atoms with E-state index in [1.54, 1.807) is 25.6 Å². The highest BCUT2D eigenvalue weighted by atomic mass is 19.2. The van der Waals surface area contributed by atoms with Crippen LogP contribution in [0.4, 0.5) is 20.2 Å². The number of methoxy groups -OCH3 is 1. The molecule has 3 aromatic heterocycles. The Labute approximate surface area is 182 Å². The van der Waals surface area contributed by atoms with E-state index in [2.05, 4.69) is 35.5 Å². The lowest BCUT2D eigenvalue weighted by Crippen LogP contribution is -2.68. The van der Waals surface area contributed by atoms with Gasteiger partial charge in [0.05, 0.1) is 34.8 Å². The SMILES string of the molecule is CNc1cc(F)c(F)c2c1[nH]c1ncc(-c3cnc(OC)nc3)c(N3C4CNCC3C4)c12. The molecule has 2 unspecified atom stereocenters. The molecule has 2 aliphatic rings. The number of hydrogen-bond donors (Lipinski definition) is 3. The van der Waals surface area contributed by atoms with E-state index in [1.807, 2.05) is 0 Å². The van der Waals surface area contributed by atoms with Crippen molar-refractivity contribution in [1.82, 2.24) is 25.3 Å². The van der Waals surface area contributed by atoms with Crippen molar-refractivity contribution in [2.24, 2.45) is 0 Å². The lowest BCUT2D eigenvalue weighted by Gasteiger charge is -2.55. The highest BCUT2D eigenvalue weighted by molar-refractivity contribution is 6.18. The second kappa shape index (κ2) is 6.99. The van der Waals surface area contributed by atoms with Gasteiger partial charge in [-0.05, 0) is 6.42 Å².